The maximum atomic E-state index is 13.0. The fourth-order valence-electron chi connectivity index (χ4n) is 5.10. The van der Waals surface area contributed by atoms with Crippen LogP contribution in [0.5, 0.6) is 0 Å². The molecule has 3 aliphatic rings. The van der Waals surface area contributed by atoms with Crippen LogP contribution in [-0.4, -0.2) is 60.1 Å². The number of rotatable bonds is 8. The number of benzene rings is 1. The number of nitrogens with zero attached hydrogens (tertiary/aromatic N) is 3. The third-order valence-electron chi connectivity index (χ3n) is 6.89. The monoisotopic (exact) mass is 496 g/mol. The van der Waals surface area contributed by atoms with Gasteiger partial charge in [0.1, 0.15) is 0 Å². The van der Waals surface area contributed by atoms with E-state index in [1.807, 2.05) is 12.3 Å². The predicted octanol–water partition coefficient (Wildman–Crippen LogP) is 4.43. The number of nitrogens with one attached hydrogen (secondary N) is 1. The molecule has 0 radical (unpaired) electrons. The molecule has 1 N–H and O–H groups in total. The van der Waals surface area contributed by atoms with Gasteiger partial charge in [0.2, 0.25) is 5.91 Å². The van der Waals surface area contributed by atoms with Crippen molar-refractivity contribution < 1.29 is 14.3 Å². The number of hydrogen-bond acceptors (Lipinski definition) is 7. The smallest absolute Gasteiger partial charge is 0.338 e. The van der Waals surface area contributed by atoms with Gasteiger partial charge >= 0.3 is 5.97 Å². The van der Waals surface area contributed by atoms with Gasteiger partial charge in [0.15, 0.2) is 5.17 Å². The number of aryl methyl sites for hydroxylation is 2. The molecule has 3 aliphatic heterocycles. The average molecular weight is 497 g/mol. The lowest BCUT2D eigenvalue weighted by atomic mass is 9.89. The third kappa shape index (κ3) is 5.64. The molecule has 188 valence electrons. The Bertz CT molecular complexity index is 1070. The van der Waals surface area contributed by atoms with Gasteiger partial charge in [-0.15, -0.1) is 0 Å². The molecule has 1 aromatic carbocycles. The molecule has 0 bridgehead atoms. The van der Waals surface area contributed by atoms with Crippen molar-refractivity contribution in [2.24, 2.45) is 4.99 Å². The van der Waals surface area contributed by atoms with Gasteiger partial charge in [-0.1, -0.05) is 48.9 Å². The van der Waals surface area contributed by atoms with Crippen LogP contribution in [0.3, 0.4) is 0 Å². The molecule has 1 unspecified atom stereocenters. The largest absolute Gasteiger partial charge is 0.466 e. The summed E-state index contributed by atoms with van der Waals surface area (Å²) in [5.41, 5.74) is 5.41. The standard InChI is InChI=1S/C27H36N4O3S/c1-5-22-24(26(33)34-4)25(21-10-9-18(2)15-19(21)3)31-20(17-35-27(31)29-22)16-23(32)28-11-14-30-12-7-6-8-13-30/h9-10,15,17,25H,5-8,11-14,16H2,1-4H3,(H,28,32). The van der Waals surface area contributed by atoms with Gasteiger partial charge in [-0.05, 0) is 62.7 Å². The first-order valence-corrected chi connectivity index (χ1v) is 13.4. The van der Waals surface area contributed by atoms with Crippen molar-refractivity contribution in [1.82, 2.24) is 15.1 Å². The van der Waals surface area contributed by atoms with Crippen LogP contribution in [0, 0.1) is 13.8 Å². The van der Waals surface area contributed by atoms with Crippen molar-refractivity contribution in [3.63, 3.8) is 0 Å². The van der Waals surface area contributed by atoms with E-state index < -0.39 is 0 Å². The molecule has 7 nitrogen and oxygen atoms in total. The molecule has 1 fully saturated rings. The second kappa shape index (κ2) is 11.4. The van der Waals surface area contributed by atoms with Crippen molar-refractivity contribution >= 4 is 28.8 Å². The maximum absolute atomic E-state index is 13.0. The number of carbonyl (C=O) groups excluding carboxylic acids is 2. The molecule has 8 heteroatoms. The predicted molar refractivity (Wildman–Crippen MR) is 141 cm³/mol. The Balaban J connectivity index is 1.57. The second-order valence-corrected chi connectivity index (χ2v) is 10.2. The van der Waals surface area contributed by atoms with E-state index in [-0.39, 0.29) is 24.3 Å². The maximum Gasteiger partial charge on any atom is 0.338 e. The summed E-state index contributed by atoms with van der Waals surface area (Å²) < 4.78 is 5.21. The number of allylic oxidation sites excluding steroid dienone is 1. The number of fused-ring (bicyclic) bond motifs is 1. The lowest BCUT2D eigenvalue weighted by Gasteiger charge is -2.37. The molecule has 1 amide bonds. The molecule has 0 spiro atoms. The highest BCUT2D eigenvalue weighted by atomic mass is 32.2. The van der Waals surface area contributed by atoms with Gasteiger partial charge in [0, 0.05) is 18.8 Å². The van der Waals surface area contributed by atoms with Gasteiger partial charge in [-0.2, -0.15) is 0 Å². The van der Waals surface area contributed by atoms with E-state index in [1.54, 1.807) is 0 Å². The van der Waals surface area contributed by atoms with Crippen LogP contribution in [0.15, 0.2) is 45.6 Å². The van der Waals surface area contributed by atoms with E-state index in [0.29, 0.717) is 18.5 Å². The van der Waals surface area contributed by atoms with Crippen LogP contribution >= 0.6 is 11.8 Å². The highest BCUT2D eigenvalue weighted by molar-refractivity contribution is 8.16. The van der Waals surface area contributed by atoms with Crippen molar-refractivity contribution in [2.45, 2.75) is 58.9 Å². The number of amides is 1. The Morgan fingerprint density at radius 1 is 1.20 bits per heavy atom. The number of esters is 1. The lowest BCUT2D eigenvalue weighted by Crippen LogP contribution is -2.40. The molecule has 1 aromatic rings. The molecule has 3 heterocycles. The van der Waals surface area contributed by atoms with E-state index in [2.05, 4.69) is 47.2 Å². The van der Waals surface area contributed by atoms with Gasteiger partial charge in [-0.25, -0.2) is 9.79 Å². The quantitative estimate of drug-likeness (QED) is 0.537. The van der Waals surface area contributed by atoms with E-state index in [1.165, 1.54) is 38.1 Å². The molecular formula is C27H36N4O3S. The van der Waals surface area contributed by atoms with Crippen LogP contribution in [0.1, 0.15) is 61.8 Å². The summed E-state index contributed by atoms with van der Waals surface area (Å²) in [6, 6.07) is 5.89. The van der Waals surface area contributed by atoms with E-state index >= 15 is 0 Å². The molecule has 1 saturated heterocycles. The fraction of sp³-hybridized carbons (Fsp3) is 0.519. The Morgan fingerprint density at radius 3 is 2.66 bits per heavy atom. The number of methoxy groups -OCH3 is 1. The van der Waals surface area contributed by atoms with Crippen molar-refractivity contribution in [3.05, 3.63) is 57.3 Å². The number of hydrogen-bond donors (Lipinski definition) is 1. The minimum atomic E-state index is -0.382. The zero-order valence-electron chi connectivity index (χ0n) is 21.2. The number of aliphatic imine (C=N–C) groups is 1. The Hall–Kier alpha value is -2.58. The summed E-state index contributed by atoms with van der Waals surface area (Å²) in [4.78, 5) is 35.2. The third-order valence-corrected chi connectivity index (χ3v) is 7.78. The summed E-state index contributed by atoms with van der Waals surface area (Å²) in [6.45, 7) is 9.89. The Labute approximate surface area is 212 Å². The topological polar surface area (TPSA) is 74.2 Å². The van der Waals surface area contributed by atoms with Crippen molar-refractivity contribution in [3.8, 4) is 0 Å². The first-order valence-electron chi connectivity index (χ1n) is 12.5. The molecule has 0 saturated carbocycles. The number of amidine groups is 1. The van der Waals surface area contributed by atoms with E-state index in [4.69, 9.17) is 9.73 Å². The van der Waals surface area contributed by atoms with Crippen LogP contribution in [-0.2, 0) is 14.3 Å². The molecular weight excluding hydrogens is 460 g/mol. The zero-order chi connectivity index (χ0) is 24.9. The summed E-state index contributed by atoms with van der Waals surface area (Å²) in [7, 11) is 1.41. The molecule has 0 aromatic heterocycles. The Morgan fingerprint density at radius 2 is 1.97 bits per heavy atom. The molecule has 1 atom stereocenters. The number of piperidine rings is 1. The van der Waals surface area contributed by atoms with Crippen LogP contribution in [0.4, 0.5) is 0 Å². The van der Waals surface area contributed by atoms with E-state index in [0.717, 1.165) is 52.9 Å². The van der Waals surface area contributed by atoms with Crippen LogP contribution in [0.2, 0.25) is 0 Å². The molecule has 35 heavy (non-hydrogen) atoms. The lowest BCUT2D eigenvalue weighted by molar-refractivity contribution is -0.136. The second-order valence-electron chi connectivity index (χ2n) is 9.39. The van der Waals surface area contributed by atoms with Gasteiger partial charge in [0.25, 0.3) is 0 Å². The van der Waals surface area contributed by atoms with Gasteiger partial charge in [0.05, 0.1) is 30.8 Å². The zero-order valence-corrected chi connectivity index (χ0v) is 22.0. The summed E-state index contributed by atoms with van der Waals surface area (Å²) in [5.74, 6) is -0.392. The molecule has 4 rings (SSSR count). The average Bonchev–Trinajstić information content (AvgIpc) is 3.25. The van der Waals surface area contributed by atoms with Gasteiger partial charge in [-0.3, -0.25) is 4.79 Å². The minimum Gasteiger partial charge on any atom is -0.466 e. The summed E-state index contributed by atoms with van der Waals surface area (Å²) in [6.07, 6.45) is 4.65. The molecule has 0 aliphatic carbocycles. The number of ether oxygens (including phenoxy) is 1. The van der Waals surface area contributed by atoms with Crippen molar-refractivity contribution in [1.29, 1.82) is 0 Å². The number of thioether (sulfide) groups is 1. The van der Waals surface area contributed by atoms with Crippen LogP contribution < -0.4 is 5.32 Å². The van der Waals surface area contributed by atoms with Gasteiger partial charge < -0.3 is 19.9 Å². The van der Waals surface area contributed by atoms with E-state index in [9.17, 15) is 9.59 Å². The fourth-order valence-corrected chi connectivity index (χ4v) is 6.04. The summed E-state index contributed by atoms with van der Waals surface area (Å²) >= 11 is 1.51. The van der Waals surface area contributed by atoms with Crippen molar-refractivity contribution in [2.75, 3.05) is 33.3 Å². The highest BCUT2D eigenvalue weighted by Crippen LogP contribution is 2.46. The Kier molecular flexibility index (Phi) is 8.34. The SMILES string of the molecule is CCC1=C(C(=O)OC)C(c2ccc(C)cc2C)N2C(CC(=O)NCCN3CCCCC3)=CSC2=N1. The minimum absolute atomic E-state index is 0.0145. The highest BCUT2D eigenvalue weighted by Gasteiger charge is 2.42. The first kappa shape index (κ1) is 25.5. The van der Waals surface area contributed by atoms with Crippen LogP contribution in [0.25, 0.3) is 0 Å². The normalized spacial score (nSPS) is 20.3. The number of likely N-dealkylation sites (tertiary alicyclic amines) is 1. The summed E-state index contributed by atoms with van der Waals surface area (Å²) in [5, 5.41) is 5.88. The number of carbonyl (C=O) groups is 2. The first-order chi connectivity index (χ1) is 16.9.